The van der Waals surface area contributed by atoms with Crippen molar-refractivity contribution in [2.24, 2.45) is 0 Å². The molecule has 1 aliphatic heterocycles. The summed E-state index contributed by atoms with van der Waals surface area (Å²) in [5.41, 5.74) is 1.77. The lowest BCUT2D eigenvalue weighted by molar-refractivity contribution is 0.0740. The van der Waals surface area contributed by atoms with Gasteiger partial charge in [0.25, 0.3) is 5.91 Å². The van der Waals surface area contributed by atoms with Gasteiger partial charge in [0.05, 0.1) is 0 Å². The average Bonchev–Trinajstić information content (AvgIpc) is 3.04. The molecule has 2 aromatic rings. The Labute approximate surface area is 124 Å². The van der Waals surface area contributed by atoms with Crippen LogP contribution in [0.2, 0.25) is 0 Å². The zero-order valence-corrected chi connectivity index (χ0v) is 12.3. The molecule has 0 unspecified atom stereocenters. The van der Waals surface area contributed by atoms with Gasteiger partial charge in [-0.25, -0.2) is 0 Å². The van der Waals surface area contributed by atoms with Crippen molar-refractivity contribution in [2.75, 3.05) is 31.1 Å². The fraction of sp³-hybridized carbons (Fsp3) is 0.375. The van der Waals surface area contributed by atoms with Crippen LogP contribution in [-0.4, -0.2) is 46.8 Å². The summed E-state index contributed by atoms with van der Waals surface area (Å²) < 4.78 is 1.79. The van der Waals surface area contributed by atoms with Gasteiger partial charge in [-0.3, -0.25) is 9.48 Å². The number of nitrogens with zero attached hydrogens (tertiary/aromatic N) is 4. The molecule has 0 atom stereocenters. The number of aromatic nitrogens is 2. The lowest BCUT2D eigenvalue weighted by atomic mass is 10.2. The minimum atomic E-state index is 0.0370. The first-order chi connectivity index (χ1) is 10.3. The number of amides is 1. The number of hydrogen-bond donors (Lipinski definition) is 0. The molecule has 1 aliphatic rings. The summed E-state index contributed by atoms with van der Waals surface area (Å²) in [5, 5.41) is 4.29. The Kier molecular flexibility index (Phi) is 3.90. The zero-order valence-electron chi connectivity index (χ0n) is 12.3. The van der Waals surface area contributed by atoms with Gasteiger partial charge in [-0.05, 0) is 25.1 Å². The highest BCUT2D eigenvalue weighted by molar-refractivity contribution is 5.92. The van der Waals surface area contributed by atoms with Gasteiger partial charge in [0.15, 0.2) is 0 Å². The predicted molar refractivity (Wildman–Crippen MR) is 82.5 cm³/mol. The molecule has 1 fully saturated rings. The molecule has 5 nitrogen and oxygen atoms in total. The smallest absolute Gasteiger partial charge is 0.274 e. The second-order valence-corrected chi connectivity index (χ2v) is 5.17. The van der Waals surface area contributed by atoms with E-state index in [2.05, 4.69) is 22.1 Å². The first-order valence-corrected chi connectivity index (χ1v) is 7.40. The van der Waals surface area contributed by atoms with E-state index in [0.29, 0.717) is 5.69 Å². The second kappa shape index (κ2) is 5.99. The first-order valence-electron chi connectivity index (χ1n) is 7.40. The molecule has 1 amide bonds. The highest BCUT2D eigenvalue weighted by Gasteiger charge is 2.23. The largest absolute Gasteiger partial charge is 0.368 e. The molecule has 5 heteroatoms. The van der Waals surface area contributed by atoms with E-state index in [1.165, 1.54) is 5.69 Å². The average molecular weight is 284 g/mol. The van der Waals surface area contributed by atoms with Crippen molar-refractivity contribution in [2.45, 2.75) is 13.5 Å². The van der Waals surface area contributed by atoms with Crippen molar-refractivity contribution in [3.63, 3.8) is 0 Å². The number of anilines is 1. The molecule has 0 saturated carbocycles. The van der Waals surface area contributed by atoms with Crippen LogP contribution >= 0.6 is 0 Å². The molecule has 0 aliphatic carbocycles. The molecule has 21 heavy (non-hydrogen) atoms. The Balaban J connectivity index is 1.61. The van der Waals surface area contributed by atoms with Crippen molar-refractivity contribution in [3.8, 4) is 0 Å². The monoisotopic (exact) mass is 284 g/mol. The fourth-order valence-corrected chi connectivity index (χ4v) is 2.62. The molecule has 2 heterocycles. The second-order valence-electron chi connectivity index (χ2n) is 5.17. The van der Waals surface area contributed by atoms with Gasteiger partial charge >= 0.3 is 0 Å². The molecule has 0 radical (unpaired) electrons. The molecule has 0 N–H and O–H groups in total. The van der Waals surface area contributed by atoms with Gasteiger partial charge in [-0.1, -0.05) is 18.2 Å². The lowest BCUT2D eigenvalue weighted by Gasteiger charge is -2.35. The molecule has 1 aromatic carbocycles. The van der Waals surface area contributed by atoms with E-state index >= 15 is 0 Å². The highest BCUT2D eigenvalue weighted by Crippen LogP contribution is 2.16. The van der Waals surface area contributed by atoms with Crippen LogP contribution in [0.15, 0.2) is 42.6 Å². The lowest BCUT2D eigenvalue weighted by Crippen LogP contribution is -2.48. The summed E-state index contributed by atoms with van der Waals surface area (Å²) in [6, 6.07) is 12.1. The number of piperazine rings is 1. The molecular weight excluding hydrogens is 264 g/mol. The van der Waals surface area contributed by atoms with Crippen LogP contribution in [0.3, 0.4) is 0 Å². The predicted octanol–water partition coefficient (Wildman–Crippen LogP) is 1.87. The molecular formula is C16H20N4O. The fourth-order valence-electron chi connectivity index (χ4n) is 2.62. The third kappa shape index (κ3) is 2.91. The Morgan fingerprint density at radius 1 is 1.10 bits per heavy atom. The molecule has 1 saturated heterocycles. The summed E-state index contributed by atoms with van der Waals surface area (Å²) in [6.07, 6.45) is 1.85. The van der Waals surface area contributed by atoms with Gasteiger partial charge in [0.2, 0.25) is 0 Å². The summed E-state index contributed by atoms with van der Waals surface area (Å²) in [5.74, 6) is 0.0370. The van der Waals surface area contributed by atoms with Crippen LogP contribution < -0.4 is 4.90 Å². The van der Waals surface area contributed by atoms with E-state index in [4.69, 9.17) is 0 Å². The third-order valence-electron chi connectivity index (χ3n) is 3.87. The van der Waals surface area contributed by atoms with Crippen LogP contribution in [0.5, 0.6) is 0 Å². The number of carbonyl (C=O) groups excluding carboxylic acids is 1. The minimum Gasteiger partial charge on any atom is -0.368 e. The zero-order chi connectivity index (χ0) is 14.7. The van der Waals surface area contributed by atoms with Gasteiger partial charge in [-0.2, -0.15) is 5.10 Å². The first kappa shape index (κ1) is 13.7. The van der Waals surface area contributed by atoms with E-state index in [1.807, 2.05) is 36.2 Å². The highest BCUT2D eigenvalue weighted by atomic mass is 16.2. The Hall–Kier alpha value is -2.30. The van der Waals surface area contributed by atoms with E-state index in [9.17, 15) is 4.79 Å². The van der Waals surface area contributed by atoms with Crippen molar-refractivity contribution < 1.29 is 4.79 Å². The molecule has 3 rings (SSSR count). The van der Waals surface area contributed by atoms with Crippen LogP contribution in [-0.2, 0) is 6.54 Å². The molecule has 110 valence electrons. The van der Waals surface area contributed by atoms with Gasteiger partial charge in [0, 0.05) is 44.6 Å². The topological polar surface area (TPSA) is 41.4 Å². The van der Waals surface area contributed by atoms with Crippen molar-refractivity contribution >= 4 is 11.6 Å². The number of aryl methyl sites for hydroxylation is 1. The number of hydrogen-bond acceptors (Lipinski definition) is 3. The number of carbonyl (C=O) groups is 1. The Bertz CT molecular complexity index is 600. The van der Waals surface area contributed by atoms with Gasteiger partial charge < -0.3 is 9.80 Å². The maximum atomic E-state index is 12.4. The van der Waals surface area contributed by atoms with E-state index < -0.39 is 0 Å². The maximum absolute atomic E-state index is 12.4. The van der Waals surface area contributed by atoms with Gasteiger partial charge in [-0.15, -0.1) is 0 Å². The van der Waals surface area contributed by atoms with E-state index in [0.717, 1.165) is 32.7 Å². The van der Waals surface area contributed by atoms with Crippen LogP contribution in [0.1, 0.15) is 17.4 Å². The van der Waals surface area contributed by atoms with Crippen molar-refractivity contribution in [1.82, 2.24) is 14.7 Å². The van der Waals surface area contributed by atoms with Crippen LogP contribution in [0.25, 0.3) is 0 Å². The molecule has 0 bridgehead atoms. The SMILES string of the molecule is CCn1ccc(C(=O)N2CCN(c3ccccc3)CC2)n1. The summed E-state index contributed by atoms with van der Waals surface area (Å²) in [4.78, 5) is 16.6. The summed E-state index contributed by atoms with van der Waals surface area (Å²) in [6.45, 7) is 6.02. The quantitative estimate of drug-likeness (QED) is 0.864. The van der Waals surface area contributed by atoms with Crippen LogP contribution in [0, 0.1) is 0 Å². The van der Waals surface area contributed by atoms with Crippen molar-refractivity contribution in [3.05, 3.63) is 48.3 Å². The molecule has 1 aromatic heterocycles. The van der Waals surface area contributed by atoms with Crippen molar-refractivity contribution in [1.29, 1.82) is 0 Å². The summed E-state index contributed by atoms with van der Waals surface area (Å²) >= 11 is 0. The number of para-hydroxylation sites is 1. The van der Waals surface area contributed by atoms with E-state index in [-0.39, 0.29) is 5.91 Å². The third-order valence-corrected chi connectivity index (χ3v) is 3.87. The maximum Gasteiger partial charge on any atom is 0.274 e. The standard InChI is InChI=1S/C16H20N4O/c1-2-20-9-8-15(17-20)16(21)19-12-10-18(11-13-19)14-6-4-3-5-7-14/h3-9H,2,10-13H2,1H3. The van der Waals surface area contributed by atoms with Gasteiger partial charge in [0.1, 0.15) is 5.69 Å². The van der Waals surface area contributed by atoms with E-state index in [1.54, 1.807) is 10.7 Å². The number of rotatable bonds is 3. The van der Waals surface area contributed by atoms with Crippen LogP contribution in [0.4, 0.5) is 5.69 Å². The number of benzene rings is 1. The Morgan fingerprint density at radius 2 is 1.81 bits per heavy atom. The molecule has 0 spiro atoms. The Morgan fingerprint density at radius 3 is 2.43 bits per heavy atom. The minimum absolute atomic E-state index is 0.0370. The normalized spacial score (nSPS) is 15.3. The summed E-state index contributed by atoms with van der Waals surface area (Å²) in [7, 11) is 0.